The van der Waals surface area contributed by atoms with E-state index in [2.05, 4.69) is 5.32 Å². The second-order valence-corrected chi connectivity index (χ2v) is 7.61. The van der Waals surface area contributed by atoms with E-state index < -0.39 is 22.2 Å². The molecule has 4 aliphatic carbocycles. The molecule has 4 aliphatic rings. The summed E-state index contributed by atoms with van der Waals surface area (Å²) in [6, 6.07) is 2.89. The number of carbonyl (C=O) groups is 1. The van der Waals surface area contributed by atoms with E-state index in [1.54, 1.807) is 0 Å². The molecule has 7 heteroatoms. The molecule has 6 nitrogen and oxygen atoms in total. The fourth-order valence-electron chi connectivity index (χ4n) is 5.25. The molecule has 1 amide bonds. The highest BCUT2D eigenvalue weighted by molar-refractivity contribution is 5.95. The molecular weight excluding hydrogens is 315 g/mol. The van der Waals surface area contributed by atoms with Crippen molar-refractivity contribution in [3.05, 3.63) is 39.7 Å². The van der Waals surface area contributed by atoms with Crippen LogP contribution in [0.1, 0.15) is 42.5 Å². The zero-order valence-corrected chi connectivity index (χ0v) is 13.1. The van der Waals surface area contributed by atoms with Crippen LogP contribution in [-0.4, -0.2) is 27.6 Å². The average molecular weight is 334 g/mol. The number of benzene rings is 1. The van der Waals surface area contributed by atoms with Crippen LogP contribution in [0.15, 0.2) is 18.2 Å². The summed E-state index contributed by atoms with van der Waals surface area (Å²) < 4.78 is 13.9. The smallest absolute Gasteiger partial charge is 0.270 e. The molecule has 0 spiro atoms. The van der Waals surface area contributed by atoms with E-state index in [1.165, 1.54) is 0 Å². The molecule has 0 saturated heterocycles. The first kappa shape index (κ1) is 15.5. The number of amides is 1. The summed E-state index contributed by atoms with van der Waals surface area (Å²) in [4.78, 5) is 22.7. The van der Waals surface area contributed by atoms with E-state index in [0.717, 1.165) is 37.5 Å². The molecule has 0 aromatic heterocycles. The van der Waals surface area contributed by atoms with Crippen LogP contribution in [0.4, 0.5) is 10.1 Å². The Bertz CT molecular complexity index is 707. The molecule has 5 atom stereocenters. The van der Waals surface area contributed by atoms with Gasteiger partial charge >= 0.3 is 0 Å². The van der Waals surface area contributed by atoms with Gasteiger partial charge in [0.05, 0.1) is 16.1 Å². The van der Waals surface area contributed by atoms with E-state index in [-0.39, 0.29) is 29.1 Å². The van der Waals surface area contributed by atoms with Crippen molar-refractivity contribution in [3.8, 4) is 0 Å². The van der Waals surface area contributed by atoms with Crippen LogP contribution in [0.3, 0.4) is 0 Å². The zero-order chi connectivity index (χ0) is 17.1. The van der Waals surface area contributed by atoms with Gasteiger partial charge in [-0.25, -0.2) is 4.39 Å². The van der Waals surface area contributed by atoms with Crippen molar-refractivity contribution < 1.29 is 19.2 Å². The monoisotopic (exact) mass is 334 g/mol. The lowest BCUT2D eigenvalue weighted by Gasteiger charge is -2.58. The van der Waals surface area contributed by atoms with Gasteiger partial charge in [-0.3, -0.25) is 14.9 Å². The average Bonchev–Trinajstić information content (AvgIpc) is 2.49. The molecule has 2 N–H and O–H groups in total. The minimum atomic E-state index is -0.763. The highest BCUT2D eigenvalue weighted by Gasteiger charge is 2.55. The lowest BCUT2D eigenvalue weighted by molar-refractivity contribution is -0.384. The van der Waals surface area contributed by atoms with Crippen molar-refractivity contribution in [2.45, 2.75) is 43.7 Å². The summed E-state index contributed by atoms with van der Waals surface area (Å²) in [5.74, 6) is -0.463. The zero-order valence-electron chi connectivity index (χ0n) is 13.1. The van der Waals surface area contributed by atoms with E-state index in [1.807, 2.05) is 0 Å². The molecule has 5 rings (SSSR count). The molecule has 4 fully saturated rings. The third kappa shape index (κ3) is 2.47. The molecule has 3 unspecified atom stereocenters. The quantitative estimate of drug-likeness (QED) is 0.656. The largest absolute Gasteiger partial charge is 0.390 e. The molecule has 1 aromatic rings. The van der Waals surface area contributed by atoms with E-state index in [9.17, 15) is 24.4 Å². The summed E-state index contributed by atoms with van der Waals surface area (Å²) in [5.41, 5.74) is -1.20. The molecule has 4 saturated carbocycles. The third-order valence-electron chi connectivity index (χ3n) is 5.94. The van der Waals surface area contributed by atoms with Crippen LogP contribution >= 0.6 is 0 Å². The number of rotatable bonds is 3. The Morgan fingerprint density at radius 2 is 1.96 bits per heavy atom. The first-order valence-electron chi connectivity index (χ1n) is 8.32. The molecule has 128 valence electrons. The van der Waals surface area contributed by atoms with Gasteiger partial charge in [-0.05, 0) is 55.9 Å². The number of non-ortho nitro benzene ring substituents is 1. The highest BCUT2D eigenvalue weighted by atomic mass is 19.1. The fourth-order valence-corrected chi connectivity index (χ4v) is 5.25. The van der Waals surface area contributed by atoms with Crippen molar-refractivity contribution in [2.75, 3.05) is 0 Å². The van der Waals surface area contributed by atoms with Gasteiger partial charge in [0.1, 0.15) is 5.82 Å². The summed E-state index contributed by atoms with van der Waals surface area (Å²) in [5, 5.41) is 24.3. The molecule has 4 bridgehead atoms. The van der Waals surface area contributed by atoms with Gasteiger partial charge in [0.2, 0.25) is 0 Å². The lowest BCUT2D eigenvalue weighted by atomic mass is 9.52. The van der Waals surface area contributed by atoms with Gasteiger partial charge in [0.15, 0.2) is 0 Å². The molecular formula is C17H19FN2O4. The van der Waals surface area contributed by atoms with Gasteiger partial charge in [-0.1, -0.05) is 0 Å². The third-order valence-corrected chi connectivity index (χ3v) is 5.94. The number of halogens is 1. The van der Waals surface area contributed by atoms with Gasteiger partial charge in [-0.2, -0.15) is 0 Å². The summed E-state index contributed by atoms with van der Waals surface area (Å²) in [7, 11) is 0. The Balaban J connectivity index is 1.55. The van der Waals surface area contributed by atoms with Crippen LogP contribution < -0.4 is 5.32 Å². The van der Waals surface area contributed by atoms with E-state index in [4.69, 9.17) is 0 Å². The van der Waals surface area contributed by atoms with Crippen LogP contribution in [0.25, 0.3) is 0 Å². The first-order valence-corrected chi connectivity index (χ1v) is 8.32. The predicted molar refractivity (Wildman–Crippen MR) is 82.8 cm³/mol. The van der Waals surface area contributed by atoms with Gasteiger partial charge in [0, 0.05) is 18.2 Å². The van der Waals surface area contributed by atoms with Gasteiger partial charge in [0.25, 0.3) is 11.6 Å². The summed E-state index contributed by atoms with van der Waals surface area (Å²) in [6.45, 7) is 0. The summed E-state index contributed by atoms with van der Waals surface area (Å²) in [6.07, 6.45) is 4.13. The number of nitrogens with zero attached hydrogens (tertiary/aromatic N) is 1. The first-order chi connectivity index (χ1) is 11.3. The lowest BCUT2D eigenvalue weighted by Crippen LogP contribution is -2.61. The minimum Gasteiger partial charge on any atom is -0.390 e. The number of carbonyl (C=O) groups excluding carboxylic acids is 1. The van der Waals surface area contributed by atoms with Crippen LogP contribution in [0, 0.1) is 33.7 Å². The van der Waals surface area contributed by atoms with Crippen molar-refractivity contribution in [2.24, 2.45) is 17.8 Å². The highest BCUT2D eigenvalue weighted by Crippen LogP contribution is 2.55. The minimum absolute atomic E-state index is 0.0898. The van der Waals surface area contributed by atoms with Crippen LogP contribution in [-0.2, 0) is 0 Å². The molecule has 0 radical (unpaired) electrons. The normalized spacial score (nSPS) is 36.6. The standard InChI is InChI=1S/C17H19FN2O4/c18-14-2-1-12(20(23)24)5-13(14)16(21)19-15-10-3-9-4-11(15)8-17(22,6-9)7-10/h1-2,5,9-11,15,22H,3-4,6-8H2,(H,19,21)/t9?,10-,11+,15?,17?. The second kappa shape index (κ2) is 5.24. The Morgan fingerprint density at radius 3 is 2.54 bits per heavy atom. The number of nitro benzene ring substituents is 1. The topological polar surface area (TPSA) is 92.5 Å². The number of nitrogens with one attached hydrogen (secondary N) is 1. The van der Waals surface area contributed by atoms with E-state index in [0.29, 0.717) is 18.8 Å². The van der Waals surface area contributed by atoms with Crippen molar-refractivity contribution in [1.82, 2.24) is 5.32 Å². The molecule has 0 aliphatic heterocycles. The van der Waals surface area contributed by atoms with Crippen molar-refractivity contribution in [1.29, 1.82) is 0 Å². The fraction of sp³-hybridized carbons (Fsp3) is 0.588. The number of hydrogen-bond acceptors (Lipinski definition) is 4. The SMILES string of the molecule is O=C(NC1[C@@H]2CC3C[C@H]1CC(O)(C3)C2)c1cc([N+](=O)[O-])ccc1F. The number of nitro groups is 1. The Hall–Kier alpha value is -2.02. The molecule has 1 aromatic carbocycles. The summed E-state index contributed by atoms with van der Waals surface area (Å²) >= 11 is 0. The van der Waals surface area contributed by atoms with Crippen LogP contribution in [0.5, 0.6) is 0 Å². The van der Waals surface area contributed by atoms with Crippen molar-refractivity contribution in [3.63, 3.8) is 0 Å². The predicted octanol–water partition coefficient (Wildman–Crippen LogP) is 2.40. The maximum atomic E-state index is 13.9. The maximum Gasteiger partial charge on any atom is 0.270 e. The maximum absolute atomic E-state index is 13.9. The second-order valence-electron chi connectivity index (χ2n) is 7.61. The number of aliphatic hydroxyl groups is 1. The van der Waals surface area contributed by atoms with E-state index >= 15 is 0 Å². The number of hydrogen-bond donors (Lipinski definition) is 2. The van der Waals surface area contributed by atoms with Crippen LogP contribution in [0.2, 0.25) is 0 Å². The van der Waals surface area contributed by atoms with Gasteiger partial charge < -0.3 is 10.4 Å². The molecule has 24 heavy (non-hydrogen) atoms. The molecule has 0 heterocycles. The van der Waals surface area contributed by atoms with Gasteiger partial charge in [-0.15, -0.1) is 0 Å². The Morgan fingerprint density at radius 1 is 1.29 bits per heavy atom. The Kier molecular flexibility index (Phi) is 3.38. The Labute approximate surface area is 138 Å². The van der Waals surface area contributed by atoms with Crippen molar-refractivity contribution >= 4 is 11.6 Å².